The minimum atomic E-state index is -0.388. The molecule has 6 heteroatoms. The summed E-state index contributed by atoms with van der Waals surface area (Å²) in [5, 5.41) is 6.01. The van der Waals surface area contributed by atoms with E-state index in [1.807, 2.05) is 31.2 Å². The van der Waals surface area contributed by atoms with Crippen molar-refractivity contribution in [1.29, 1.82) is 0 Å². The van der Waals surface area contributed by atoms with Crippen LogP contribution in [0.2, 0.25) is 0 Å². The first-order valence-corrected chi connectivity index (χ1v) is 8.94. The number of ether oxygens (including phenoxy) is 1. The zero-order chi connectivity index (χ0) is 19.9. The van der Waals surface area contributed by atoms with E-state index < -0.39 is 0 Å². The van der Waals surface area contributed by atoms with E-state index in [2.05, 4.69) is 15.6 Å². The van der Waals surface area contributed by atoms with Crippen molar-refractivity contribution < 1.29 is 14.3 Å². The smallest absolute Gasteiger partial charge is 0.338 e. The Bertz CT molecular complexity index is 967. The van der Waals surface area contributed by atoms with Crippen LogP contribution in [-0.2, 0) is 4.74 Å². The minimum absolute atomic E-state index is 0.279. The highest BCUT2D eigenvalue weighted by atomic mass is 16.5. The molecular weight excluding hydrogens is 354 g/mol. The number of carbonyl (C=O) groups excluding carboxylic acids is 2. The van der Waals surface area contributed by atoms with Crippen molar-refractivity contribution in [3.05, 3.63) is 83.6 Å². The monoisotopic (exact) mass is 375 g/mol. The number of rotatable bonds is 6. The van der Waals surface area contributed by atoms with Crippen molar-refractivity contribution in [2.24, 2.45) is 0 Å². The van der Waals surface area contributed by atoms with Crippen LogP contribution in [0.3, 0.4) is 0 Å². The standard InChI is InChI=1S/C22H21N3O3/c1-3-28-22(27)16-8-11-18(12-9-16)24-21(26)17-10-13-20(23-14-17)25-19-7-5-4-6-15(19)2/h4-14H,3H2,1-2H3,(H,23,25)(H,24,26). The summed E-state index contributed by atoms with van der Waals surface area (Å²) in [6.07, 6.45) is 1.52. The zero-order valence-corrected chi connectivity index (χ0v) is 15.7. The van der Waals surface area contributed by atoms with Gasteiger partial charge < -0.3 is 15.4 Å². The average Bonchev–Trinajstić information content (AvgIpc) is 2.71. The van der Waals surface area contributed by atoms with E-state index in [-0.39, 0.29) is 11.9 Å². The van der Waals surface area contributed by atoms with Crippen LogP contribution >= 0.6 is 0 Å². The molecule has 3 aromatic rings. The first-order valence-electron chi connectivity index (χ1n) is 8.94. The summed E-state index contributed by atoms with van der Waals surface area (Å²) in [5.74, 6) is -0.00946. The Morgan fingerprint density at radius 2 is 1.68 bits per heavy atom. The Labute approximate surface area is 163 Å². The molecule has 0 fully saturated rings. The summed E-state index contributed by atoms with van der Waals surface area (Å²) >= 11 is 0. The molecule has 0 aliphatic carbocycles. The molecule has 0 saturated heterocycles. The number of esters is 1. The Kier molecular flexibility index (Phi) is 6.01. The average molecular weight is 375 g/mol. The summed E-state index contributed by atoms with van der Waals surface area (Å²) in [6.45, 7) is 4.08. The van der Waals surface area contributed by atoms with Gasteiger partial charge in [-0.3, -0.25) is 4.79 Å². The third-order valence-corrected chi connectivity index (χ3v) is 4.09. The van der Waals surface area contributed by atoms with Crippen LogP contribution in [0, 0.1) is 6.92 Å². The Hall–Kier alpha value is -3.67. The lowest BCUT2D eigenvalue weighted by Crippen LogP contribution is -2.12. The number of nitrogens with one attached hydrogen (secondary N) is 2. The molecule has 28 heavy (non-hydrogen) atoms. The number of hydrogen-bond acceptors (Lipinski definition) is 5. The molecule has 142 valence electrons. The van der Waals surface area contributed by atoms with Crippen LogP contribution in [0.15, 0.2) is 66.9 Å². The van der Waals surface area contributed by atoms with Gasteiger partial charge in [0.05, 0.1) is 17.7 Å². The van der Waals surface area contributed by atoms with Crippen molar-refractivity contribution in [2.45, 2.75) is 13.8 Å². The number of pyridine rings is 1. The fourth-order valence-corrected chi connectivity index (χ4v) is 2.56. The fourth-order valence-electron chi connectivity index (χ4n) is 2.56. The van der Waals surface area contributed by atoms with E-state index in [1.54, 1.807) is 43.3 Å². The molecule has 0 radical (unpaired) electrons. The zero-order valence-electron chi connectivity index (χ0n) is 15.7. The van der Waals surface area contributed by atoms with Crippen LogP contribution < -0.4 is 10.6 Å². The normalized spacial score (nSPS) is 10.2. The number of carbonyl (C=O) groups is 2. The van der Waals surface area contributed by atoms with E-state index in [4.69, 9.17) is 4.74 Å². The van der Waals surface area contributed by atoms with Crippen LogP contribution in [0.1, 0.15) is 33.2 Å². The topological polar surface area (TPSA) is 80.3 Å². The second-order valence-electron chi connectivity index (χ2n) is 6.12. The number of para-hydroxylation sites is 1. The molecule has 0 aliphatic heterocycles. The molecular formula is C22H21N3O3. The predicted molar refractivity (Wildman–Crippen MR) is 109 cm³/mol. The highest BCUT2D eigenvalue weighted by Crippen LogP contribution is 2.19. The number of anilines is 3. The molecule has 2 aromatic carbocycles. The number of amides is 1. The predicted octanol–water partition coefficient (Wildman–Crippen LogP) is 4.56. The Morgan fingerprint density at radius 3 is 2.32 bits per heavy atom. The second kappa shape index (κ2) is 8.81. The maximum atomic E-state index is 12.4. The third-order valence-electron chi connectivity index (χ3n) is 4.09. The Balaban J connectivity index is 1.63. The largest absolute Gasteiger partial charge is 0.462 e. The number of hydrogen-bond donors (Lipinski definition) is 2. The van der Waals surface area contributed by atoms with Gasteiger partial charge in [-0.1, -0.05) is 18.2 Å². The second-order valence-corrected chi connectivity index (χ2v) is 6.12. The highest BCUT2D eigenvalue weighted by Gasteiger charge is 2.09. The first kappa shape index (κ1) is 19.1. The molecule has 6 nitrogen and oxygen atoms in total. The number of aromatic nitrogens is 1. The van der Waals surface area contributed by atoms with Gasteiger partial charge in [0.1, 0.15) is 5.82 Å². The minimum Gasteiger partial charge on any atom is -0.462 e. The summed E-state index contributed by atoms with van der Waals surface area (Å²) in [5.41, 5.74) is 3.53. The van der Waals surface area contributed by atoms with Gasteiger partial charge in [0, 0.05) is 17.6 Å². The van der Waals surface area contributed by atoms with Crippen molar-refractivity contribution in [1.82, 2.24) is 4.98 Å². The van der Waals surface area contributed by atoms with Gasteiger partial charge >= 0.3 is 5.97 Å². The summed E-state index contributed by atoms with van der Waals surface area (Å²) in [7, 11) is 0. The quantitative estimate of drug-likeness (QED) is 0.617. The van der Waals surface area contributed by atoms with E-state index in [1.165, 1.54) is 6.20 Å². The number of benzene rings is 2. The molecule has 0 aliphatic rings. The van der Waals surface area contributed by atoms with Gasteiger partial charge in [-0.25, -0.2) is 9.78 Å². The molecule has 0 atom stereocenters. The van der Waals surface area contributed by atoms with Gasteiger partial charge in [0.2, 0.25) is 0 Å². The molecule has 0 unspecified atom stereocenters. The molecule has 3 rings (SSSR count). The molecule has 2 N–H and O–H groups in total. The lowest BCUT2D eigenvalue weighted by atomic mass is 10.2. The van der Waals surface area contributed by atoms with Gasteiger partial charge in [0.15, 0.2) is 0 Å². The molecule has 0 bridgehead atoms. The van der Waals surface area contributed by atoms with Gasteiger partial charge in [-0.05, 0) is 61.9 Å². The number of aryl methyl sites for hydroxylation is 1. The molecule has 1 heterocycles. The van der Waals surface area contributed by atoms with E-state index in [0.717, 1.165) is 11.3 Å². The maximum Gasteiger partial charge on any atom is 0.338 e. The fraction of sp³-hybridized carbons (Fsp3) is 0.136. The van der Waals surface area contributed by atoms with Crippen molar-refractivity contribution >= 4 is 29.1 Å². The lowest BCUT2D eigenvalue weighted by Gasteiger charge is -2.09. The van der Waals surface area contributed by atoms with Crippen LogP contribution in [0.25, 0.3) is 0 Å². The summed E-state index contributed by atoms with van der Waals surface area (Å²) in [6, 6.07) is 17.9. The highest BCUT2D eigenvalue weighted by molar-refractivity contribution is 6.04. The molecule has 0 saturated carbocycles. The maximum absolute atomic E-state index is 12.4. The van der Waals surface area contributed by atoms with E-state index in [0.29, 0.717) is 29.2 Å². The SMILES string of the molecule is CCOC(=O)c1ccc(NC(=O)c2ccc(Nc3ccccc3C)nc2)cc1. The van der Waals surface area contributed by atoms with E-state index in [9.17, 15) is 9.59 Å². The van der Waals surface area contributed by atoms with Crippen LogP contribution in [0.5, 0.6) is 0 Å². The van der Waals surface area contributed by atoms with Gasteiger partial charge in [-0.2, -0.15) is 0 Å². The third kappa shape index (κ3) is 4.73. The first-order chi connectivity index (χ1) is 13.6. The Morgan fingerprint density at radius 1 is 0.964 bits per heavy atom. The number of nitrogens with zero attached hydrogens (tertiary/aromatic N) is 1. The van der Waals surface area contributed by atoms with Crippen molar-refractivity contribution in [2.75, 3.05) is 17.2 Å². The van der Waals surface area contributed by atoms with Gasteiger partial charge in [-0.15, -0.1) is 0 Å². The summed E-state index contributed by atoms with van der Waals surface area (Å²) in [4.78, 5) is 28.4. The van der Waals surface area contributed by atoms with Crippen LogP contribution in [-0.4, -0.2) is 23.5 Å². The summed E-state index contributed by atoms with van der Waals surface area (Å²) < 4.78 is 4.94. The van der Waals surface area contributed by atoms with Crippen molar-refractivity contribution in [3.8, 4) is 0 Å². The lowest BCUT2D eigenvalue weighted by molar-refractivity contribution is 0.0526. The molecule has 1 aromatic heterocycles. The van der Waals surface area contributed by atoms with Crippen molar-refractivity contribution in [3.63, 3.8) is 0 Å². The van der Waals surface area contributed by atoms with Gasteiger partial charge in [0.25, 0.3) is 5.91 Å². The van der Waals surface area contributed by atoms with Crippen LogP contribution in [0.4, 0.5) is 17.2 Å². The molecule has 1 amide bonds. The van der Waals surface area contributed by atoms with E-state index >= 15 is 0 Å². The molecule has 0 spiro atoms.